The molecule has 0 saturated carbocycles. The summed E-state index contributed by atoms with van der Waals surface area (Å²) >= 11 is 6.57. The predicted octanol–water partition coefficient (Wildman–Crippen LogP) is 2.90. The largest absolute Gasteiger partial charge is 0.398 e. The number of anilines is 1. The lowest BCUT2D eigenvalue weighted by Gasteiger charge is -2.03. The van der Waals surface area contributed by atoms with Crippen LogP contribution in [0.4, 0.5) is 5.69 Å². The fraction of sp³-hybridized carbons (Fsp3) is 0. The monoisotopic (exact) mass is 262 g/mol. The molecule has 53 valence electrons. The molecule has 0 heterocycles. The van der Waals surface area contributed by atoms with Crippen LogP contribution in [0.1, 0.15) is 5.56 Å². The summed E-state index contributed by atoms with van der Waals surface area (Å²) in [5, 5.41) is 0. The molecule has 0 spiro atoms. The van der Waals surface area contributed by atoms with Crippen molar-refractivity contribution in [3.63, 3.8) is 0 Å². The Hall–Kier alpha value is -0.0200. The summed E-state index contributed by atoms with van der Waals surface area (Å²) < 4.78 is 0.887. The van der Waals surface area contributed by atoms with E-state index < -0.39 is 0 Å². The summed E-state index contributed by atoms with van der Waals surface area (Å²) in [7, 11) is 0. The van der Waals surface area contributed by atoms with Gasteiger partial charge in [0, 0.05) is 11.3 Å². The van der Waals surface area contributed by atoms with Crippen molar-refractivity contribution in [1.29, 1.82) is 0 Å². The molecule has 3 heteroatoms. The highest BCUT2D eigenvalue weighted by atomic mass is 79.9. The molecule has 1 nitrogen and oxygen atoms in total. The lowest BCUT2D eigenvalue weighted by atomic mass is 10.2. The van der Waals surface area contributed by atoms with Gasteiger partial charge >= 0.3 is 0 Å². The molecule has 0 bridgehead atoms. The third-order valence-corrected chi connectivity index (χ3v) is 2.02. The van der Waals surface area contributed by atoms with Gasteiger partial charge in [-0.05, 0) is 6.07 Å². The zero-order valence-electron chi connectivity index (χ0n) is 5.14. The third-order valence-electron chi connectivity index (χ3n) is 1.16. The molecular weight excluding hydrogens is 258 g/mol. The fourth-order valence-electron chi connectivity index (χ4n) is 0.669. The summed E-state index contributed by atoms with van der Waals surface area (Å²) in [5.41, 5.74) is 7.40. The highest BCUT2D eigenvalue weighted by Crippen LogP contribution is 2.31. The van der Waals surface area contributed by atoms with Crippen molar-refractivity contribution >= 4 is 37.5 Å². The van der Waals surface area contributed by atoms with Crippen LogP contribution in [0.3, 0.4) is 0 Å². The number of benzene rings is 1. The Morgan fingerprint density at radius 1 is 1.20 bits per heavy atom. The fourth-order valence-corrected chi connectivity index (χ4v) is 1.39. The van der Waals surface area contributed by atoms with Crippen LogP contribution in [0.15, 0.2) is 24.3 Å². The van der Waals surface area contributed by atoms with Gasteiger partial charge in [-0.15, -0.1) is 0 Å². The van der Waals surface area contributed by atoms with Gasteiger partial charge in [-0.25, -0.2) is 0 Å². The first kappa shape index (κ1) is 8.08. The zero-order chi connectivity index (χ0) is 7.56. The Balaban J connectivity index is 3.03. The Morgan fingerprint density at radius 3 is 2.20 bits per heavy atom. The minimum atomic E-state index is 0.770. The Kier molecular flexibility index (Phi) is 2.74. The lowest BCUT2D eigenvalue weighted by molar-refractivity contribution is 1.57. The average Bonchev–Trinajstić information content (AvgIpc) is 1.88. The highest BCUT2D eigenvalue weighted by Gasteiger charge is 2.05. The second-order valence-electron chi connectivity index (χ2n) is 1.85. The van der Waals surface area contributed by atoms with Crippen LogP contribution in [0, 0.1) is 3.74 Å². The Morgan fingerprint density at radius 2 is 1.80 bits per heavy atom. The van der Waals surface area contributed by atoms with Crippen molar-refractivity contribution in [2.75, 3.05) is 5.73 Å². The van der Waals surface area contributed by atoms with Gasteiger partial charge < -0.3 is 5.73 Å². The molecule has 0 aromatic heterocycles. The van der Waals surface area contributed by atoms with E-state index in [-0.39, 0.29) is 0 Å². The molecule has 1 radical (unpaired) electrons. The van der Waals surface area contributed by atoms with Gasteiger partial charge in [0.1, 0.15) is 3.74 Å². The first-order valence-corrected chi connectivity index (χ1v) is 4.33. The highest BCUT2D eigenvalue weighted by molar-refractivity contribution is 9.27. The van der Waals surface area contributed by atoms with Gasteiger partial charge in [0.2, 0.25) is 0 Å². The molecule has 0 atom stereocenters. The molecule has 1 aromatic carbocycles. The van der Waals surface area contributed by atoms with Gasteiger partial charge in [0.05, 0.1) is 0 Å². The van der Waals surface area contributed by atoms with Crippen molar-refractivity contribution in [3.8, 4) is 0 Å². The lowest BCUT2D eigenvalue weighted by Crippen LogP contribution is -1.91. The van der Waals surface area contributed by atoms with Crippen LogP contribution in [-0.2, 0) is 0 Å². The summed E-state index contributed by atoms with van der Waals surface area (Å²) in [4.78, 5) is 0. The minimum absolute atomic E-state index is 0.770. The number of hydrogen-bond acceptors (Lipinski definition) is 1. The SMILES string of the molecule is Nc1ccccc1[C](Br)Br. The number of hydrogen-bond donors (Lipinski definition) is 1. The van der Waals surface area contributed by atoms with E-state index in [1.807, 2.05) is 24.3 Å². The first-order valence-electron chi connectivity index (χ1n) is 2.74. The van der Waals surface area contributed by atoms with Crippen LogP contribution in [0.2, 0.25) is 0 Å². The number of para-hydroxylation sites is 1. The minimum Gasteiger partial charge on any atom is -0.398 e. The van der Waals surface area contributed by atoms with E-state index in [2.05, 4.69) is 31.9 Å². The first-order chi connectivity index (χ1) is 4.72. The van der Waals surface area contributed by atoms with Crippen molar-refractivity contribution in [2.24, 2.45) is 0 Å². The van der Waals surface area contributed by atoms with E-state index in [4.69, 9.17) is 5.73 Å². The number of nitrogens with two attached hydrogens (primary N) is 1. The van der Waals surface area contributed by atoms with E-state index in [1.54, 1.807) is 0 Å². The standard InChI is InChI=1S/C7H6Br2N/c8-7(9)5-3-1-2-4-6(5)10/h1-4H,10H2. The normalized spacial score (nSPS) is 10.3. The van der Waals surface area contributed by atoms with Crippen LogP contribution < -0.4 is 5.73 Å². The molecule has 2 N–H and O–H groups in total. The van der Waals surface area contributed by atoms with Crippen molar-refractivity contribution in [2.45, 2.75) is 0 Å². The molecule has 1 aromatic rings. The maximum Gasteiger partial charge on any atom is 0.136 e. The molecule has 0 aliphatic carbocycles. The molecule has 0 aliphatic rings. The second-order valence-corrected chi connectivity index (χ2v) is 4.50. The molecule has 0 amide bonds. The van der Waals surface area contributed by atoms with E-state index in [0.29, 0.717) is 0 Å². The van der Waals surface area contributed by atoms with Gasteiger partial charge in [-0.2, -0.15) is 0 Å². The molecule has 1 rings (SSSR count). The topological polar surface area (TPSA) is 26.0 Å². The van der Waals surface area contributed by atoms with Crippen molar-refractivity contribution in [1.82, 2.24) is 0 Å². The second kappa shape index (κ2) is 3.39. The predicted molar refractivity (Wildman–Crippen MR) is 51.1 cm³/mol. The number of halogens is 2. The van der Waals surface area contributed by atoms with Crippen LogP contribution in [-0.4, -0.2) is 0 Å². The van der Waals surface area contributed by atoms with Crippen molar-refractivity contribution < 1.29 is 0 Å². The van der Waals surface area contributed by atoms with Crippen molar-refractivity contribution in [3.05, 3.63) is 33.6 Å². The third kappa shape index (κ3) is 1.73. The summed E-state index contributed by atoms with van der Waals surface area (Å²) in [5.74, 6) is 0. The molecule has 0 fully saturated rings. The maximum absolute atomic E-state index is 5.64. The molecule has 10 heavy (non-hydrogen) atoms. The van der Waals surface area contributed by atoms with E-state index >= 15 is 0 Å². The number of rotatable bonds is 1. The number of nitrogen functional groups attached to an aromatic ring is 1. The Bertz CT molecular complexity index is 223. The zero-order valence-corrected chi connectivity index (χ0v) is 8.31. The molecule has 0 aliphatic heterocycles. The van der Waals surface area contributed by atoms with E-state index in [0.717, 1.165) is 15.0 Å². The van der Waals surface area contributed by atoms with E-state index in [1.165, 1.54) is 0 Å². The molecule has 0 unspecified atom stereocenters. The maximum atomic E-state index is 5.64. The van der Waals surface area contributed by atoms with Crippen LogP contribution >= 0.6 is 31.9 Å². The average molecular weight is 264 g/mol. The quantitative estimate of drug-likeness (QED) is 0.775. The summed E-state index contributed by atoms with van der Waals surface area (Å²) in [6, 6.07) is 7.64. The molecular formula is C7H6Br2N. The van der Waals surface area contributed by atoms with Gasteiger partial charge in [0.15, 0.2) is 0 Å². The van der Waals surface area contributed by atoms with Gasteiger partial charge in [-0.1, -0.05) is 50.1 Å². The van der Waals surface area contributed by atoms with Crippen LogP contribution in [0.5, 0.6) is 0 Å². The van der Waals surface area contributed by atoms with Gasteiger partial charge in [-0.3, -0.25) is 0 Å². The van der Waals surface area contributed by atoms with E-state index in [9.17, 15) is 0 Å². The Labute approximate surface area is 76.9 Å². The molecule has 0 saturated heterocycles. The summed E-state index contributed by atoms with van der Waals surface area (Å²) in [6.45, 7) is 0. The van der Waals surface area contributed by atoms with Gasteiger partial charge in [0.25, 0.3) is 0 Å². The smallest absolute Gasteiger partial charge is 0.136 e. The summed E-state index contributed by atoms with van der Waals surface area (Å²) in [6.07, 6.45) is 0. The van der Waals surface area contributed by atoms with Crippen LogP contribution in [0.25, 0.3) is 0 Å².